The monoisotopic (exact) mass is 275 g/mol. The maximum Gasteiger partial charge on any atom is 0.195 e. The number of hydrogen-bond acceptors (Lipinski definition) is 3. The zero-order valence-electron chi connectivity index (χ0n) is 11.4. The first-order valence-electron chi connectivity index (χ1n) is 6.96. The zero-order chi connectivity index (χ0) is 14.2. The lowest BCUT2D eigenvalue weighted by Crippen LogP contribution is -2.03. The summed E-state index contributed by atoms with van der Waals surface area (Å²) < 4.78 is 5.49. The number of fused-ring (bicyclic) bond motifs is 2. The fraction of sp³-hybridized carbons (Fsp3) is 0.111. The number of hydrogen-bond donors (Lipinski definition) is 0. The molecule has 0 bridgehead atoms. The molecule has 4 rings (SSSR count). The van der Waals surface area contributed by atoms with Crippen LogP contribution >= 0.6 is 0 Å². The Hall–Kier alpha value is -2.68. The van der Waals surface area contributed by atoms with E-state index >= 15 is 0 Å². The molecule has 0 N–H and O–H groups in total. The lowest BCUT2D eigenvalue weighted by atomic mass is 9.98. The Morgan fingerprint density at radius 1 is 1.10 bits per heavy atom. The van der Waals surface area contributed by atoms with Crippen molar-refractivity contribution in [3.8, 4) is 5.75 Å². The maximum atomic E-state index is 12.8. The molecule has 21 heavy (non-hydrogen) atoms. The summed E-state index contributed by atoms with van der Waals surface area (Å²) >= 11 is 0. The van der Waals surface area contributed by atoms with Gasteiger partial charge in [0.1, 0.15) is 5.75 Å². The van der Waals surface area contributed by atoms with Crippen molar-refractivity contribution < 1.29 is 9.53 Å². The standard InChI is InChI=1S/C18H13NO2/c20-18(13-5-6-17-12(9-13)7-8-21-17)16-11-19-10-14-3-1-2-4-15(14)16/h1-6,9-11H,7-8H2. The van der Waals surface area contributed by atoms with Crippen molar-refractivity contribution in [3.63, 3.8) is 0 Å². The second-order valence-electron chi connectivity index (χ2n) is 5.16. The number of pyridine rings is 1. The molecule has 0 aliphatic carbocycles. The third kappa shape index (κ3) is 1.98. The van der Waals surface area contributed by atoms with E-state index in [0.717, 1.165) is 28.5 Å². The Bertz CT molecular complexity index is 849. The van der Waals surface area contributed by atoms with E-state index in [1.54, 1.807) is 12.4 Å². The molecule has 102 valence electrons. The molecule has 3 aromatic rings. The van der Waals surface area contributed by atoms with E-state index in [1.807, 2.05) is 42.5 Å². The van der Waals surface area contributed by atoms with E-state index in [0.29, 0.717) is 17.7 Å². The van der Waals surface area contributed by atoms with E-state index < -0.39 is 0 Å². The molecule has 0 atom stereocenters. The zero-order valence-corrected chi connectivity index (χ0v) is 11.4. The first-order valence-corrected chi connectivity index (χ1v) is 6.96. The molecule has 3 heteroatoms. The smallest absolute Gasteiger partial charge is 0.195 e. The lowest BCUT2D eigenvalue weighted by Gasteiger charge is -2.06. The number of ketones is 1. The molecule has 0 radical (unpaired) electrons. The van der Waals surface area contributed by atoms with Crippen LogP contribution in [-0.4, -0.2) is 17.4 Å². The van der Waals surface area contributed by atoms with Crippen molar-refractivity contribution in [2.75, 3.05) is 6.61 Å². The van der Waals surface area contributed by atoms with Crippen molar-refractivity contribution in [3.05, 3.63) is 71.5 Å². The largest absolute Gasteiger partial charge is 0.493 e. The molecule has 0 unspecified atom stereocenters. The normalized spacial score (nSPS) is 13.0. The highest BCUT2D eigenvalue weighted by Gasteiger charge is 2.17. The fourth-order valence-corrected chi connectivity index (χ4v) is 2.78. The van der Waals surface area contributed by atoms with Crippen LogP contribution in [0.1, 0.15) is 21.5 Å². The van der Waals surface area contributed by atoms with Gasteiger partial charge in [0.2, 0.25) is 0 Å². The molecule has 0 saturated carbocycles. The maximum absolute atomic E-state index is 12.8. The minimum absolute atomic E-state index is 0.00833. The molecule has 1 aromatic heterocycles. The van der Waals surface area contributed by atoms with Gasteiger partial charge in [0, 0.05) is 35.3 Å². The molecule has 0 spiro atoms. The molecule has 0 saturated heterocycles. The molecular weight excluding hydrogens is 262 g/mol. The quantitative estimate of drug-likeness (QED) is 0.673. The van der Waals surface area contributed by atoms with Crippen LogP contribution in [0.4, 0.5) is 0 Å². The van der Waals surface area contributed by atoms with Crippen molar-refractivity contribution in [2.45, 2.75) is 6.42 Å². The Balaban J connectivity index is 1.83. The predicted octanol–water partition coefficient (Wildman–Crippen LogP) is 3.40. The van der Waals surface area contributed by atoms with Crippen LogP contribution in [-0.2, 0) is 6.42 Å². The van der Waals surface area contributed by atoms with E-state index in [1.165, 1.54) is 0 Å². The number of carbonyl (C=O) groups is 1. The average molecular weight is 275 g/mol. The fourth-order valence-electron chi connectivity index (χ4n) is 2.78. The van der Waals surface area contributed by atoms with Crippen LogP contribution in [0.5, 0.6) is 5.75 Å². The van der Waals surface area contributed by atoms with Gasteiger partial charge in [0.25, 0.3) is 0 Å². The van der Waals surface area contributed by atoms with Crippen molar-refractivity contribution in [1.29, 1.82) is 0 Å². The molecule has 1 aliphatic heterocycles. The summed E-state index contributed by atoms with van der Waals surface area (Å²) in [6, 6.07) is 13.5. The van der Waals surface area contributed by atoms with E-state index in [9.17, 15) is 4.79 Å². The van der Waals surface area contributed by atoms with Crippen LogP contribution in [0.2, 0.25) is 0 Å². The third-order valence-corrected chi connectivity index (χ3v) is 3.86. The van der Waals surface area contributed by atoms with Crippen molar-refractivity contribution >= 4 is 16.6 Å². The topological polar surface area (TPSA) is 39.2 Å². The summed E-state index contributed by atoms with van der Waals surface area (Å²) in [5.74, 6) is 0.900. The highest BCUT2D eigenvalue weighted by atomic mass is 16.5. The summed E-state index contributed by atoms with van der Waals surface area (Å²) in [6.45, 7) is 0.697. The molecular formula is C18H13NO2. The Kier molecular flexibility index (Phi) is 2.71. The van der Waals surface area contributed by atoms with E-state index in [2.05, 4.69) is 4.98 Å². The minimum Gasteiger partial charge on any atom is -0.493 e. The second kappa shape index (κ2) is 4.70. The van der Waals surface area contributed by atoms with Crippen LogP contribution in [0.25, 0.3) is 10.8 Å². The molecule has 2 heterocycles. The van der Waals surface area contributed by atoms with Crippen molar-refractivity contribution in [2.24, 2.45) is 0 Å². The van der Waals surface area contributed by atoms with Gasteiger partial charge in [-0.1, -0.05) is 24.3 Å². The lowest BCUT2D eigenvalue weighted by molar-refractivity contribution is 0.104. The number of ether oxygens (including phenoxy) is 1. The summed E-state index contributed by atoms with van der Waals surface area (Å²) in [6.07, 6.45) is 4.29. The van der Waals surface area contributed by atoms with Gasteiger partial charge in [0.05, 0.1) is 6.61 Å². The van der Waals surface area contributed by atoms with Gasteiger partial charge in [-0.2, -0.15) is 0 Å². The molecule has 3 nitrogen and oxygen atoms in total. The highest BCUT2D eigenvalue weighted by molar-refractivity contribution is 6.16. The van der Waals surface area contributed by atoms with Crippen LogP contribution in [0.3, 0.4) is 0 Å². The average Bonchev–Trinajstić information content (AvgIpc) is 3.01. The Morgan fingerprint density at radius 2 is 2.00 bits per heavy atom. The SMILES string of the molecule is O=C(c1ccc2c(c1)CCO2)c1cncc2ccccc12. The summed E-state index contributed by atoms with van der Waals surface area (Å²) in [4.78, 5) is 17.0. The second-order valence-corrected chi connectivity index (χ2v) is 5.16. The van der Waals surface area contributed by atoms with Gasteiger partial charge >= 0.3 is 0 Å². The van der Waals surface area contributed by atoms with Crippen LogP contribution in [0.15, 0.2) is 54.9 Å². The number of rotatable bonds is 2. The summed E-state index contributed by atoms with van der Waals surface area (Å²) in [5.41, 5.74) is 2.44. The molecule has 0 fully saturated rings. The molecule has 2 aromatic carbocycles. The number of carbonyl (C=O) groups excluding carboxylic acids is 1. The third-order valence-electron chi connectivity index (χ3n) is 3.86. The number of nitrogens with zero attached hydrogens (tertiary/aromatic N) is 1. The number of aromatic nitrogens is 1. The predicted molar refractivity (Wildman–Crippen MR) is 80.8 cm³/mol. The van der Waals surface area contributed by atoms with Crippen LogP contribution < -0.4 is 4.74 Å². The molecule has 1 aliphatic rings. The Labute approximate surface area is 122 Å². The minimum atomic E-state index is 0.00833. The van der Waals surface area contributed by atoms with E-state index in [4.69, 9.17) is 4.74 Å². The van der Waals surface area contributed by atoms with Crippen molar-refractivity contribution in [1.82, 2.24) is 4.98 Å². The number of benzene rings is 2. The van der Waals surface area contributed by atoms with E-state index in [-0.39, 0.29) is 5.78 Å². The first-order chi connectivity index (χ1) is 10.3. The summed E-state index contributed by atoms with van der Waals surface area (Å²) in [5, 5.41) is 1.92. The van der Waals surface area contributed by atoms with Gasteiger partial charge in [0.15, 0.2) is 5.78 Å². The van der Waals surface area contributed by atoms with Gasteiger partial charge in [-0.3, -0.25) is 9.78 Å². The van der Waals surface area contributed by atoms with Crippen LogP contribution in [0, 0.1) is 0 Å². The van der Waals surface area contributed by atoms with Gasteiger partial charge in [-0.25, -0.2) is 0 Å². The Morgan fingerprint density at radius 3 is 2.95 bits per heavy atom. The first kappa shape index (κ1) is 12.1. The summed E-state index contributed by atoms with van der Waals surface area (Å²) in [7, 11) is 0. The van der Waals surface area contributed by atoms with Gasteiger partial charge < -0.3 is 4.74 Å². The van der Waals surface area contributed by atoms with Gasteiger partial charge in [-0.15, -0.1) is 0 Å². The highest BCUT2D eigenvalue weighted by Crippen LogP contribution is 2.28. The molecule has 0 amide bonds. The van der Waals surface area contributed by atoms with Gasteiger partial charge in [-0.05, 0) is 29.1 Å².